The van der Waals surface area contributed by atoms with E-state index in [0.717, 1.165) is 29.6 Å². The second kappa shape index (κ2) is 8.11. The van der Waals surface area contributed by atoms with Gasteiger partial charge in [0.05, 0.1) is 24.0 Å². The third kappa shape index (κ3) is 4.90. The van der Waals surface area contributed by atoms with Gasteiger partial charge in [0.1, 0.15) is 0 Å². The molecule has 0 unspecified atom stereocenters. The highest BCUT2D eigenvalue weighted by Gasteiger charge is 2.10. The zero-order chi connectivity index (χ0) is 18.5. The SMILES string of the molecule is Cc1csc(Nc2cccc(NC(=O)c3cnn(CCN(C)C)c3)c2)n1. The fourth-order valence-electron chi connectivity index (χ4n) is 2.32. The van der Waals surface area contributed by atoms with Crippen LogP contribution in [0.2, 0.25) is 0 Å². The summed E-state index contributed by atoms with van der Waals surface area (Å²) >= 11 is 1.55. The normalized spacial score (nSPS) is 10.9. The van der Waals surface area contributed by atoms with E-state index in [1.54, 1.807) is 28.4 Å². The van der Waals surface area contributed by atoms with Crippen molar-refractivity contribution in [2.45, 2.75) is 13.5 Å². The van der Waals surface area contributed by atoms with E-state index in [4.69, 9.17) is 0 Å². The second-order valence-electron chi connectivity index (χ2n) is 6.25. The van der Waals surface area contributed by atoms with Crippen molar-refractivity contribution in [3.63, 3.8) is 0 Å². The number of thiazole rings is 1. The number of aryl methyl sites for hydroxylation is 1. The molecular weight excluding hydrogens is 348 g/mol. The number of nitrogens with one attached hydrogen (secondary N) is 2. The number of aromatic nitrogens is 3. The molecule has 0 spiro atoms. The quantitative estimate of drug-likeness (QED) is 0.668. The predicted molar refractivity (Wildman–Crippen MR) is 105 cm³/mol. The van der Waals surface area contributed by atoms with Gasteiger partial charge in [-0.15, -0.1) is 11.3 Å². The highest BCUT2D eigenvalue weighted by atomic mass is 32.1. The summed E-state index contributed by atoms with van der Waals surface area (Å²) in [4.78, 5) is 18.9. The molecule has 1 amide bonds. The molecule has 0 fully saturated rings. The van der Waals surface area contributed by atoms with Gasteiger partial charge < -0.3 is 15.5 Å². The summed E-state index contributed by atoms with van der Waals surface area (Å²) in [6.45, 7) is 3.57. The van der Waals surface area contributed by atoms with Crippen LogP contribution in [0.1, 0.15) is 16.1 Å². The van der Waals surface area contributed by atoms with Gasteiger partial charge in [-0.05, 0) is 39.2 Å². The smallest absolute Gasteiger partial charge is 0.258 e. The van der Waals surface area contributed by atoms with Crippen molar-refractivity contribution in [3.8, 4) is 0 Å². The molecule has 1 aromatic carbocycles. The summed E-state index contributed by atoms with van der Waals surface area (Å²) in [5.41, 5.74) is 3.11. The predicted octanol–water partition coefficient (Wildman–Crippen LogP) is 3.21. The van der Waals surface area contributed by atoms with Gasteiger partial charge in [0.15, 0.2) is 5.13 Å². The molecule has 8 heteroatoms. The Morgan fingerprint density at radius 3 is 2.85 bits per heavy atom. The van der Waals surface area contributed by atoms with Crippen LogP contribution < -0.4 is 10.6 Å². The highest BCUT2D eigenvalue weighted by molar-refractivity contribution is 7.13. The van der Waals surface area contributed by atoms with Crippen LogP contribution in [0.5, 0.6) is 0 Å². The van der Waals surface area contributed by atoms with E-state index in [1.165, 1.54) is 0 Å². The molecule has 0 atom stereocenters. The highest BCUT2D eigenvalue weighted by Crippen LogP contribution is 2.23. The minimum atomic E-state index is -0.177. The fraction of sp³-hybridized carbons (Fsp3) is 0.278. The minimum Gasteiger partial charge on any atom is -0.331 e. The lowest BCUT2D eigenvalue weighted by Crippen LogP contribution is -2.18. The van der Waals surface area contributed by atoms with Crippen LogP contribution in [0.15, 0.2) is 42.0 Å². The third-order valence-corrected chi connectivity index (χ3v) is 4.54. The van der Waals surface area contributed by atoms with Crippen LogP contribution in [-0.2, 0) is 6.54 Å². The van der Waals surface area contributed by atoms with Gasteiger partial charge in [-0.2, -0.15) is 5.10 Å². The Balaban J connectivity index is 1.63. The zero-order valence-electron chi connectivity index (χ0n) is 15.1. The van der Waals surface area contributed by atoms with Gasteiger partial charge >= 0.3 is 0 Å². The molecule has 0 aliphatic heterocycles. The summed E-state index contributed by atoms with van der Waals surface area (Å²) in [5, 5.41) is 13.2. The van der Waals surface area contributed by atoms with E-state index in [2.05, 4.69) is 25.6 Å². The maximum Gasteiger partial charge on any atom is 0.258 e. The van der Waals surface area contributed by atoms with Crippen LogP contribution in [0.4, 0.5) is 16.5 Å². The molecular formula is C18H22N6OS. The number of carbonyl (C=O) groups is 1. The van der Waals surface area contributed by atoms with Gasteiger partial charge in [0, 0.05) is 29.5 Å². The van der Waals surface area contributed by atoms with Crippen molar-refractivity contribution in [3.05, 3.63) is 53.3 Å². The summed E-state index contributed by atoms with van der Waals surface area (Å²) in [5.74, 6) is -0.177. The topological polar surface area (TPSA) is 75.1 Å². The van der Waals surface area contributed by atoms with Crippen molar-refractivity contribution >= 4 is 33.8 Å². The van der Waals surface area contributed by atoms with Crippen molar-refractivity contribution < 1.29 is 4.79 Å². The Morgan fingerprint density at radius 2 is 2.12 bits per heavy atom. The molecule has 2 aromatic heterocycles. The first kappa shape index (κ1) is 18.1. The molecule has 136 valence electrons. The zero-order valence-corrected chi connectivity index (χ0v) is 15.9. The molecule has 3 aromatic rings. The Morgan fingerprint density at radius 1 is 1.31 bits per heavy atom. The summed E-state index contributed by atoms with van der Waals surface area (Å²) in [6.07, 6.45) is 3.35. The Kier molecular flexibility index (Phi) is 5.65. The van der Waals surface area contributed by atoms with Crippen molar-refractivity contribution in [1.82, 2.24) is 19.7 Å². The van der Waals surface area contributed by atoms with Crippen LogP contribution in [0.3, 0.4) is 0 Å². The van der Waals surface area contributed by atoms with Crippen molar-refractivity contribution in [2.24, 2.45) is 0 Å². The molecule has 0 radical (unpaired) electrons. The lowest BCUT2D eigenvalue weighted by atomic mass is 10.2. The standard InChI is InChI=1S/C18H22N6OS/c1-13-12-26-18(20-13)22-16-6-4-5-15(9-16)21-17(25)14-10-19-24(11-14)8-7-23(2)3/h4-6,9-12H,7-8H2,1-3H3,(H,20,22)(H,21,25). The van der Waals surface area contributed by atoms with Crippen LogP contribution >= 0.6 is 11.3 Å². The average Bonchev–Trinajstić information content (AvgIpc) is 3.22. The summed E-state index contributed by atoms with van der Waals surface area (Å²) in [6, 6.07) is 7.56. The number of rotatable bonds is 7. The maximum absolute atomic E-state index is 12.4. The number of hydrogen-bond acceptors (Lipinski definition) is 6. The number of nitrogens with zero attached hydrogens (tertiary/aromatic N) is 4. The van der Waals surface area contributed by atoms with E-state index in [9.17, 15) is 4.79 Å². The molecule has 0 saturated heterocycles. The molecule has 0 saturated carbocycles. The van der Waals surface area contributed by atoms with Crippen molar-refractivity contribution in [2.75, 3.05) is 31.3 Å². The number of hydrogen-bond donors (Lipinski definition) is 2. The van der Waals surface area contributed by atoms with Gasteiger partial charge in [-0.3, -0.25) is 9.48 Å². The van der Waals surface area contributed by atoms with E-state index >= 15 is 0 Å². The molecule has 26 heavy (non-hydrogen) atoms. The van der Waals surface area contributed by atoms with Crippen LogP contribution in [0, 0.1) is 6.92 Å². The number of likely N-dealkylation sites (N-methyl/N-ethyl adjacent to an activating group) is 1. The van der Waals surface area contributed by atoms with E-state index in [0.29, 0.717) is 11.3 Å². The van der Waals surface area contributed by atoms with Gasteiger partial charge in [-0.1, -0.05) is 6.07 Å². The number of amides is 1. The van der Waals surface area contributed by atoms with Crippen LogP contribution in [-0.4, -0.2) is 46.2 Å². The molecule has 0 aliphatic rings. The number of benzene rings is 1. The van der Waals surface area contributed by atoms with Crippen LogP contribution in [0.25, 0.3) is 0 Å². The largest absolute Gasteiger partial charge is 0.331 e. The molecule has 3 rings (SSSR count). The Labute approximate surface area is 156 Å². The van der Waals surface area contributed by atoms with E-state index in [-0.39, 0.29) is 5.91 Å². The molecule has 0 aliphatic carbocycles. The molecule has 7 nitrogen and oxygen atoms in total. The van der Waals surface area contributed by atoms with E-state index < -0.39 is 0 Å². The monoisotopic (exact) mass is 370 g/mol. The second-order valence-corrected chi connectivity index (χ2v) is 7.11. The van der Waals surface area contributed by atoms with E-state index in [1.807, 2.05) is 50.7 Å². The van der Waals surface area contributed by atoms with Gasteiger partial charge in [-0.25, -0.2) is 4.98 Å². The van der Waals surface area contributed by atoms with Gasteiger partial charge in [0.2, 0.25) is 0 Å². The number of carbonyl (C=O) groups excluding carboxylic acids is 1. The Hall–Kier alpha value is -2.71. The Bertz CT molecular complexity index is 885. The van der Waals surface area contributed by atoms with Gasteiger partial charge in [0.25, 0.3) is 5.91 Å². The molecule has 2 N–H and O–H groups in total. The maximum atomic E-state index is 12.4. The average molecular weight is 370 g/mol. The summed E-state index contributed by atoms with van der Waals surface area (Å²) in [7, 11) is 4.01. The molecule has 0 bridgehead atoms. The first-order valence-electron chi connectivity index (χ1n) is 8.27. The molecule has 2 heterocycles. The lowest BCUT2D eigenvalue weighted by Gasteiger charge is -2.08. The number of anilines is 3. The lowest BCUT2D eigenvalue weighted by molar-refractivity contribution is 0.102. The third-order valence-electron chi connectivity index (χ3n) is 3.66. The van der Waals surface area contributed by atoms with Crippen molar-refractivity contribution in [1.29, 1.82) is 0 Å². The summed E-state index contributed by atoms with van der Waals surface area (Å²) < 4.78 is 1.78. The first-order valence-corrected chi connectivity index (χ1v) is 9.15. The first-order chi connectivity index (χ1) is 12.5. The fourth-order valence-corrected chi connectivity index (χ4v) is 3.03. The minimum absolute atomic E-state index is 0.177.